The van der Waals surface area contributed by atoms with E-state index in [9.17, 15) is 20.1 Å². The van der Waals surface area contributed by atoms with Crippen LogP contribution in [0.1, 0.15) is 44.1 Å². The molecule has 4 bridgehead atoms. The van der Waals surface area contributed by atoms with E-state index < -0.39 is 29.1 Å². The van der Waals surface area contributed by atoms with Crippen LogP contribution in [-0.4, -0.2) is 11.8 Å². The maximum absolute atomic E-state index is 12.9. The Morgan fingerprint density at radius 1 is 0.821 bits per heavy atom. The lowest BCUT2D eigenvalue weighted by Crippen LogP contribution is -2.69. The second kappa shape index (κ2) is 5.92. The van der Waals surface area contributed by atoms with Gasteiger partial charge in [-0.05, 0) is 67.3 Å². The molecule has 0 aromatic heterocycles. The largest absolute Gasteiger partial charge is 0.294 e. The average molecular weight is 373 g/mol. The minimum atomic E-state index is -1.08. The van der Waals surface area contributed by atoms with Gasteiger partial charge in [0.05, 0.1) is 17.6 Å². The first kappa shape index (κ1) is 17.4. The molecule has 6 rings (SSSR count). The molecule has 1 saturated heterocycles. The fourth-order valence-electron chi connectivity index (χ4n) is 7.75. The van der Waals surface area contributed by atoms with Crippen molar-refractivity contribution in [1.82, 2.24) is 5.32 Å². The summed E-state index contributed by atoms with van der Waals surface area (Å²) in [5.41, 5.74) is -0.622. The molecule has 0 radical (unpaired) electrons. The predicted molar refractivity (Wildman–Crippen MR) is 100 cm³/mol. The van der Waals surface area contributed by atoms with Crippen LogP contribution in [-0.2, 0) is 15.0 Å². The number of nitrogens with zero attached hydrogens (tertiary/aromatic N) is 2. The van der Waals surface area contributed by atoms with Crippen LogP contribution in [0.25, 0.3) is 0 Å². The molecule has 4 saturated carbocycles. The SMILES string of the molecule is N#CC1C(=O)NC(=O)C(C#N)C1(c1ccccc1)C12CC3CC(CC(C3)C1)C2. The molecule has 1 aromatic carbocycles. The molecule has 2 unspecified atom stereocenters. The minimum absolute atomic E-state index is 0.350. The van der Waals surface area contributed by atoms with Gasteiger partial charge in [0.2, 0.25) is 11.8 Å². The zero-order valence-corrected chi connectivity index (χ0v) is 15.7. The topological polar surface area (TPSA) is 93.8 Å². The number of benzene rings is 1. The van der Waals surface area contributed by atoms with Crippen molar-refractivity contribution in [2.24, 2.45) is 35.0 Å². The van der Waals surface area contributed by atoms with Crippen LogP contribution in [0.4, 0.5) is 0 Å². The Balaban J connectivity index is 1.82. The lowest BCUT2D eigenvalue weighted by atomic mass is 9.36. The van der Waals surface area contributed by atoms with Gasteiger partial charge in [0.25, 0.3) is 0 Å². The molecular formula is C23H23N3O2. The van der Waals surface area contributed by atoms with Crippen molar-refractivity contribution in [1.29, 1.82) is 10.5 Å². The highest BCUT2D eigenvalue weighted by molar-refractivity contribution is 6.04. The van der Waals surface area contributed by atoms with Crippen molar-refractivity contribution in [2.75, 3.05) is 0 Å². The molecular weight excluding hydrogens is 350 g/mol. The zero-order chi connectivity index (χ0) is 19.5. The third-order valence-electron chi connectivity index (χ3n) is 8.11. The van der Waals surface area contributed by atoms with Gasteiger partial charge in [-0.15, -0.1) is 0 Å². The van der Waals surface area contributed by atoms with Gasteiger partial charge in [0, 0.05) is 0 Å². The van der Waals surface area contributed by atoms with Gasteiger partial charge in [-0.25, -0.2) is 0 Å². The Morgan fingerprint density at radius 3 is 1.71 bits per heavy atom. The average Bonchev–Trinajstić information content (AvgIpc) is 2.67. The maximum Gasteiger partial charge on any atom is 0.244 e. The van der Waals surface area contributed by atoms with Crippen molar-refractivity contribution in [3.05, 3.63) is 35.9 Å². The van der Waals surface area contributed by atoms with Gasteiger partial charge in [-0.2, -0.15) is 10.5 Å². The number of imide groups is 1. The Labute approximate surface area is 164 Å². The van der Waals surface area contributed by atoms with E-state index in [-0.39, 0.29) is 5.41 Å². The van der Waals surface area contributed by atoms with Crippen LogP contribution in [0.2, 0.25) is 0 Å². The smallest absolute Gasteiger partial charge is 0.244 e. The molecule has 1 aromatic rings. The van der Waals surface area contributed by atoms with Crippen LogP contribution in [0, 0.1) is 57.7 Å². The molecule has 2 atom stereocenters. The molecule has 5 heteroatoms. The summed E-state index contributed by atoms with van der Waals surface area (Å²) in [7, 11) is 0. The van der Waals surface area contributed by atoms with Crippen molar-refractivity contribution in [3.63, 3.8) is 0 Å². The lowest BCUT2D eigenvalue weighted by molar-refractivity contribution is -0.162. The Morgan fingerprint density at radius 2 is 1.29 bits per heavy atom. The number of nitriles is 2. The van der Waals surface area contributed by atoms with E-state index in [0.717, 1.165) is 24.8 Å². The summed E-state index contributed by atoms with van der Waals surface area (Å²) in [6.45, 7) is 0. The minimum Gasteiger partial charge on any atom is -0.294 e. The van der Waals surface area contributed by atoms with Gasteiger partial charge >= 0.3 is 0 Å². The maximum atomic E-state index is 12.9. The first-order valence-corrected chi connectivity index (χ1v) is 10.2. The van der Waals surface area contributed by atoms with E-state index in [2.05, 4.69) is 17.5 Å². The Kier molecular flexibility index (Phi) is 3.68. The van der Waals surface area contributed by atoms with Crippen LogP contribution in [0.5, 0.6) is 0 Å². The van der Waals surface area contributed by atoms with E-state index >= 15 is 0 Å². The molecule has 4 aliphatic carbocycles. The number of carbonyl (C=O) groups is 2. The summed E-state index contributed by atoms with van der Waals surface area (Å²) in [6.07, 6.45) is 6.34. The van der Waals surface area contributed by atoms with Crippen molar-refractivity contribution < 1.29 is 9.59 Å². The first-order chi connectivity index (χ1) is 13.5. The quantitative estimate of drug-likeness (QED) is 0.806. The molecule has 1 heterocycles. The van der Waals surface area contributed by atoms with Crippen molar-refractivity contribution in [2.45, 2.75) is 43.9 Å². The highest BCUT2D eigenvalue weighted by atomic mass is 16.2. The summed E-state index contributed by atoms with van der Waals surface area (Å²) >= 11 is 0. The fraction of sp³-hybridized carbons (Fsp3) is 0.565. The van der Waals surface area contributed by atoms with Gasteiger partial charge in [0.15, 0.2) is 0 Å². The third kappa shape index (κ3) is 2.05. The standard InChI is InChI=1S/C23H23N3O2/c24-12-18-20(27)26-21(28)19(13-25)23(18,17-4-2-1-3-5-17)22-9-14-6-15(10-22)8-16(7-14)11-22/h1-5,14-16,18-19H,6-11H2,(H,26,27,28). The van der Waals surface area contributed by atoms with Gasteiger partial charge < -0.3 is 0 Å². The highest BCUT2D eigenvalue weighted by Gasteiger charge is 2.70. The molecule has 28 heavy (non-hydrogen) atoms. The number of nitrogens with one attached hydrogen (secondary N) is 1. The molecule has 1 N–H and O–H groups in total. The molecule has 2 amide bonds. The van der Waals surface area contributed by atoms with Gasteiger partial charge in [0.1, 0.15) is 11.8 Å². The first-order valence-electron chi connectivity index (χ1n) is 10.2. The Hall–Kier alpha value is -2.66. The number of rotatable bonds is 2. The fourth-order valence-corrected chi connectivity index (χ4v) is 7.75. The Bertz CT molecular complexity index is 856. The number of hydrogen-bond donors (Lipinski definition) is 1. The summed E-state index contributed by atoms with van der Waals surface area (Å²) in [4.78, 5) is 25.8. The van der Waals surface area contributed by atoms with Crippen molar-refractivity contribution >= 4 is 11.8 Å². The van der Waals surface area contributed by atoms with Crippen LogP contribution in [0.3, 0.4) is 0 Å². The second-order valence-electron chi connectivity index (χ2n) is 9.41. The molecule has 0 spiro atoms. The van der Waals surface area contributed by atoms with Gasteiger partial charge in [-0.1, -0.05) is 30.3 Å². The normalized spacial score (nSPS) is 43.9. The van der Waals surface area contributed by atoms with Crippen molar-refractivity contribution in [3.8, 4) is 12.1 Å². The monoisotopic (exact) mass is 373 g/mol. The molecule has 142 valence electrons. The molecule has 5 aliphatic rings. The van der Waals surface area contributed by atoms with E-state index in [1.165, 1.54) is 19.3 Å². The zero-order valence-electron chi connectivity index (χ0n) is 15.7. The highest BCUT2D eigenvalue weighted by Crippen LogP contribution is 2.70. The number of piperidine rings is 1. The summed E-state index contributed by atoms with van der Waals surface area (Å²) in [5.74, 6) is -1.43. The number of carbonyl (C=O) groups excluding carboxylic acids is 2. The second-order valence-corrected chi connectivity index (χ2v) is 9.41. The predicted octanol–water partition coefficient (Wildman–Crippen LogP) is 3.08. The third-order valence-corrected chi connectivity index (χ3v) is 8.11. The molecule has 5 nitrogen and oxygen atoms in total. The summed E-state index contributed by atoms with van der Waals surface area (Å²) in [6, 6.07) is 14.0. The number of hydrogen-bond acceptors (Lipinski definition) is 4. The van der Waals surface area contributed by atoms with Crippen LogP contribution < -0.4 is 5.32 Å². The van der Waals surface area contributed by atoms with E-state index in [4.69, 9.17) is 0 Å². The lowest BCUT2D eigenvalue weighted by Gasteiger charge is -2.66. The van der Waals surface area contributed by atoms with E-state index in [1.54, 1.807) is 0 Å². The number of amides is 2. The summed E-state index contributed by atoms with van der Waals surface area (Å²) in [5, 5.41) is 22.6. The molecule has 5 fully saturated rings. The van der Waals surface area contributed by atoms with E-state index in [0.29, 0.717) is 17.8 Å². The van der Waals surface area contributed by atoms with E-state index in [1.807, 2.05) is 30.3 Å². The van der Waals surface area contributed by atoms with Crippen LogP contribution >= 0.6 is 0 Å². The van der Waals surface area contributed by atoms with Gasteiger partial charge in [-0.3, -0.25) is 14.9 Å². The molecule has 1 aliphatic heterocycles. The van der Waals surface area contributed by atoms with Crippen LogP contribution in [0.15, 0.2) is 30.3 Å². The summed E-state index contributed by atoms with van der Waals surface area (Å²) < 4.78 is 0.